The van der Waals surface area contributed by atoms with Gasteiger partial charge in [0.15, 0.2) is 5.13 Å². The van der Waals surface area contributed by atoms with Gasteiger partial charge in [0, 0.05) is 18.3 Å². The first-order valence-corrected chi connectivity index (χ1v) is 7.17. The van der Waals surface area contributed by atoms with Crippen LogP contribution < -0.4 is 5.32 Å². The maximum absolute atomic E-state index is 11.6. The zero-order chi connectivity index (χ0) is 15.1. The monoisotopic (exact) mass is 302 g/mol. The molecule has 0 spiro atoms. The molecule has 1 aromatic carbocycles. The van der Waals surface area contributed by atoms with Crippen LogP contribution in [-0.2, 0) is 14.3 Å². The van der Waals surface area contributed by atoms with Crippen LogP contribution in [0.25, 0.3) is 10.4 Å². The van der Waals surface area contributed by atoms with Crippen molar-refractivity contribution in [1.29, 1.82) is 0 Å². The topological polar surface area (TPSA) is 68.3 Å². The number of thiazole rings is 1. The normalized spacial score (nSPS) is 10.5. The van der Waals surface area contributed by atoms with E-state index < -0.39 is 11.9 Å². The Hall–Kier alpha value is -2.47. The second-order valence-electron chi connectivity index (χ2n) is 3.97. The van der Waals surface area contributed by atoms with E-state index in [4.69, 9.17) is 0 Å². The number of anilines is 1. The van der Waals surface area contributed by atoms with E-state index in [1.807, 2.05) is 30.3 Å². The second kappa shape index (κ2) is 7.35. The molecular weight excluding hydrogens is 288 g/mol. The van der Waals surface area contributed by atoms with E-state index in [-0.39, 0.29) is 6.61 Å². The Morgan fingerprint density at radius 3 is 2.76 bits per heavy atom. The molecule has 1 heterocycles. The van der Waals surface area contributed by atoms with Crippen molar-refractivity contribution < 1.29 is 14.3 Å². The Balaban J connectivity index is 1.97. The molecule has 1 N–H and O–H groups in total. The summed E-state index contributed by atoms with van der Waals surface area (Å²) >= 11 is 1.37. The van der Waals surface area contributed by atoms with Crippen molar-refractivity contribution in [3.63, 3.8) is 0 Å². The molecule has 21 heavy (non-hydrogen) atoms. The zero-order valence-corrected chi connectivity index (χ0v) is 12.2. The number of ether oxygens (including phenoxy) is 1. The lowest BCUT2D eigenvalue weighted by Crippen LogP contribution is -2.09. The van der Waals surface area contributed by atoms with Crippen LogP contribution in [0.3, 0.4) is 0 Å². The molecule has 0 aliphatic rings. The quantitative estimate of drug-likeness (QED) is 0.681. The third-order valence-electron chi connectivity index (χ3n) is 2.45. The van der Waals surface area contributed by atoms with Crippen molar-refractivity contribution in [1.82, 2.24) is 4.98 Å². The fourth-order valence-electron chi connectivity index (χ4n) is 1.55. The summed E-state index contributed by atoms with van der Waals surface area (Å²) in [5, 5.41) is 3.08. The second-order valence-corrected chi connectivity index (χ2v) is 5.00. The van der Waals surface area contributed by atoms with E-state index in [1.165, 1.54) is 11.3 Å². The first kappa shape index (κ1) is 14.9. The van der Waals surface area contributed by atoms with Crippen LogP contribution in [-0.4, -0.2) is 23.5 Å². The van der Waals surface area contributed by atoms with Crippen molar-refractivity contribution in [2.24, 2.45) is 0 Å². The molecule has 108 valence electrons. The number of aromatic nitrogens is 1. The number of esters is 1. The van der Waals surface area contributed by atoms with Crippen LogP contribution in [0.1, 0.15) is 6.92 Å². The molecule has 0 bridgehead atoms. The summed E-state index contributed by atoms with van der Waals surface area (Å²) in [6.07, 6.45) is 3.91. The van der Waals surface area contributed by atoms with Gasteiger partial charge in [-0.2, -0.15) is 0 Å². The first-order valence-electron chi connectivity index (χ1n) is 6.36. The standard InChI is InChI=1S/C15H14N2O3S/c1-2-20-14(19)9-8-13(18)17-15-16-10-12(21-15)11-6-4-3-5-7-11/h3-10H,2H2,1H3,(H,16,17,18)/b9-8+. The van der Waals surface area contributed by atoms with Gasteiger partial charge in [0.25, 0.3) is 0 Å². The van der Waals surface area contributed by atoms with E-state index in [1.54, 1.807) is 13.1 Å². The smallest absolute Gasteiger partial charge is 0.330 e. The fraction of sp³-hybridized carbons (Fsp3) is 0.133. The Morgan fingerprint density at radius 1 is 1.29 bits per heavy atom. The lowest BCUT2D eigenvalue weighted by Gasteiger charge is -1.97. The van der Waals surface area contributed by atoms with Gasteiger partial charge in [0.05, 0.1) is 11.5 Å². The first-order chi connectivity index (χ1) is 10.2. The molecule has 0 aliphatic carbocycles. The summed E-state index contributed by atoms with van der Waals surface area (Å²) in [6.45, 7) is 1.98. The lowest BCUT2D eigenvalue weighted by molar-refractivity contribution is -0.137. The Morgan fingerprint density at radius 2 is 2.05 bits per heavy atom. The summed E-state index contributed by atoms with van der Waals surface area (Å²) in [5.74, 6) is -0.964. The van der Waals surface area contributed by atoms with Gasteiger partial charge in [0.1, 0.15) is 0 Å². The van der Waals surface area contributed by atoms with Gasteiger partial charge in [-0.25, -0.2) is 9.78 Å². The van der Waals surface area contributed by atoms with E-state index in [0.29, 0.717) is 5.13 Å². The summed E-state index contributed by atoms with van der Waals surface area (Å²) in [7, 11) is 0. The minimum absolute atomic E-state index is 0.276. The lowest BCUT2D eigenvalue weighted by atomic mass is 10.2. The van der Waals surface area contributed by atoms with Crippen LogP contribution in [0.4, 0.5) is 5.13 Å². The van der Waals surface area contributed by atoms with Crippen LogP contribution >= 0.6 is 11.3 Å². The van der Waals surface area contributed by atoms with E-state index >= 15 is 0 Å². The van der Waals surface area contributed by atoms with Crippen LogP contribution in [0, 0.1) is 0 Å². The molecule has 0 unspecified atom stereocenters. The molecule has 0 saturated carbocycles. The molecule has 0 atom stereocenters. The van der Waals surface area contributed by atoms with E-state index in [2.05, 4.69) is 15.0 Å². The molecule has 1 amide bonds. The highest BCUT2D eigenvalue weighted by atomic mass is 32.1. The molecular formula is C15H14N2O3S. The maximum Gasteiger partial charge on any atom is 0.330 e. The van der Waals surface area contributed by atoms with Gasteiger partial charge in [0.2, 0.25) is 5.91 Å². The molecule has 2 rings (SSSR count). The molecule has 0 fully saturated rings. The number of hydrogen-bond acceptors (Lipinski definition) is 5. The van der Waals surface area contributed by atoms with Crippen molar-refractivity contribution >= 4 is 28.3 Å². The minimum atomic E-state index is -0.545. The molecule has 0 radical (unpaired) electrons. The molecule has 2 aromatic rings. The van der Waals surface area contributed by atoms with Gasteiger partial charge in [-0.05, 0) is 12.5 Å². The summed E-state index contributed by atoms with van der Waals surface area (Å²) < 4.78 is 4.69. The van der Waals surface area contributed by atoms with Gasteiger partial charge in [-0.3, -0.25) is 10.1 Å². The molecule has 5 nitrogen and oxygen atoms in total. The predicted octanol–water partition coefficient (Wildman–Crippen LogP) is 2.87. The molecule has 1 aromatic heterocycles. The van der Waals surface area contributed by atoms with Gasteiger partial charge >= 0.3 is 5.97 Å². The Bertz CT molecular complexity index is 650. The zero-order valence-electron chi connectivity index (χ0n) is 11.4. The average Bonchev–Trinajstić information content (AvgIpc) is 2.95. The number of nitrogens with one attached hydrogen (secondary N) is 1. The van der Waals surface area contributed by atoms with Crippen LogP contribution in [0.15, 0.2) is 48.7 Å². The SMILES string of the molecule is CCOC(=O)/C=C/C(=O)Nc1ncc(-c2ccccc2)s1. The fourth-order valence-corrected chi connectivity index (χ4v) is 2.37. The number of carbonyl (C=O) groups is 2. The van der Waals surface area contributed by atoms with Crippen molar-refractivity contribution in [2.45, 2.75) is 6.92 Å². The van der Waals surface area contributed by atoms with Gasteiger partial charge in [-0.15, -0.1) is 0 Å². The summed E-state index contributed by atoms with van der Waals surface area (Å²) in [5.41, 5.74) is 1.04. The number of amides is 1. The third kappa shape index (κ3) is 4.54. The number of nitrogens with zero attached hydrogens (tertiary/aromatic N) is 1. The average molecular weight is 302 g/mol. The molecule has 0 saturated heterocycles. The number of rotatable bonds is 5. The van der Waals surface area contributed by atoms with Crippen molar-refractivity contribution in [3.8, 4) is 10.4 Å². The van der Waals surface area contributed by atoms with E-state index in [0.717, 1.165) is 22.6 Å². The molecule has 0 aliphatic heterocycles. The van der Waals surface area contributed by atoms with Crippen LogP contribution in [0.2, 0.25) is 0 Å². The number of carbonyl (C=O) groups excluding carboxylic acids is 2. The van der Waals surface area contributed by atoms with Crippen molar-refractivity contribution in [3.05, 3.63) is 48.7 Å². The van der Waals surface area contributed by atoms with Gasteiger partial charge in [-0.1, -0.05) is 41.7 Å². The maximum atomic E-state index is 11.6. The largest absolute Gasteiger partial charge is 0.463 e. The van der Waals surface area contributed by atoms with Crippen LogP contribution in [0.5, 0.6) is 0 Å². The Kier molecular flexibility index (Phi) is 5.22. The number of hydrogen-bond donors (Lipinski definition) is 1. The van der Waals surface area contributed by atoms with Gasteiger partial charge < -0.3 is 4.74 Å². The highest BCUT2D eigenvalue weighted by molar-refractivity contribution is 7.19. The minimum Gasteiger partial charge on any atom is -0.463 e. The highest BCUT2D eigenvalue weighted by Gasteiger charge is 2.06. The molecule has 6 heteroatoms. The van der Waals surface area contributed by atoms with Crippen molar-refractivity contribution in [2.75, 3.05) is 11.9 Å². The predicted molar refractivity (Wildman–Crippen MR) is 82.0 cm³/mol. The third-order valence-corrected chi connectivity index (χ3v) is 3.41. The van der Waals surface area contributed by atoms with E-state index in [9.17, 15) is 9.59 Å². The highest BCUT2D eigenvalue weighted by Crippen LogP contribution is 2.28. The number of benzene rings is 1. The summed E-state index contributed by atoms with van der Waals surface area (Å²) in [6, 6.07) is 9.76. The summed E-state index contributed by atoms with van der Waals surface area (Å²) in [4.78, 5) is 27.8. The Labute approximate surface area is 126 Å².